The topological polar surface area (TPSA) is 64.3 Å². The van der Waals surface area contributed by atoms with E-state index in [0.717, 1.165) is 29.7 Å². The highest BCUT2D eigenvalue weighted by atomic mass is 16.5. The lowest BCUT2D eigenvalue weighted by atomic mass is 10.2. The van der Waals surface area contributed by atoms with E-state index in [2.05, 4.69) is 27.1 Å². The van der Waals surface area contributed by atoms with Crippen LogP contribution in [0, 0.1) is 0 Å². The van der Waals surface area contributed by atoms with Gasteiger partial charge in [-0.1, -0.05) is 24.3 Å². The molecule has 2 aromatic heterocycles. The number of para-hydroxylation sites is 1. The molecular formula is C19H20N4O2. The van der Waals surface area contributed by atoms with Gasteiger partial charge in [-0.3, -0.25) is 0 Å². The number of nitrogens with zero attached hydrogens (tertiary/aromatic N) is 4. The number of pyridine rings is 1. The zero-order valence-electron chi connectivity index (χ0n) is 14.3. The van der Waals surface area contributed by atoms with Crippen LogP contribution in [-0.2, 0) is 4.74 Å². The Bertz CT molecular complexity index is 895. The van der Waals surface area contributed by atoms with Gasteiger partial charge in [0.1, 0.15) is 6.10 Å². The lowest BCUT2D eigenvalue weighted by Crippen LogP contribution is -2.40. The van der Waals surface area contributed by atoms with Crippen LogP contribution < -0.4 is 0 Å². The third kappa shape index (κ3) is 3.60. The summed E-state index contributed by atoms with van der Waals surface area (Å²) in [7, 11) is 2.06. The van der Waals surface area contributed by atoms with Crippen LogP contribution in [0.4, 0.5) is 0 Å². The van der Waals surface area contributed by atoms with Crippen molar-refractivity contribution >= 4 is 23.1 Å². The summed E-state index contributed by atoms with van der Waals surface area (Å²) in [6.07, 6.45) is 3.63. The molecule has 2 atom stereocenters. The van der Waals surface area contributed by atoms with E-state index in [1.807, 2.05) is 49.4 Å². The average Bonchev–Trinajstić information content (AvgIpc) is 3.08. The van der Waals surface area contributed by atoms with Crippen molar-refractivity contribution in [1.29, 1.82) is 0 Å². The maximum Gasteiger partial charge on any atom is 0.246 e. The van der Waals surface area contributed by atoms with Gasteiger partial charge in [-0.05, 0) is 32.2 Å². The predicted octanol–water partition coefficient (Wildman–Crippen LogP) is 3.18. The molecule has 25 heavy (non-hydrogen) atoms. The highest BCUT2D eigenvalue weighted by Crippen LogP contribution is 2.23. The molecule has 0 aliphatic carbocycles. The van der Waals surface area contributed by atoms with Gasteiger partial charge in [0.05, 0.1) is 17.3 Å². The zero-order valence-corrected chi connectivity index (χ0v) is 14.3. The van der Waals surface area contributed by atoms with Gasteiger partial charge in [0.15, 0.2) is 0 Å². The third-order valence-corrected chi connectivity index (χ3v) is 4.19. The Morgan fingerprint density at radius 2 is 1.96 bits per heavy atom. The number of ether oxygens (including phenoxy) is 1. The lowest BCUT2D eigenvalue weighted by molar-refractivity contribution is -0.0823. The summed E-state index contributed by atoms with van der Waals surface area (Å²) in [6.45, 7) is 3.71. The Balaban J connectivity index is 1.50. The van der Waals surface area contributed by atoms with E-state index in [1.165, 1.54) is 0 Å². The molecule has 0 unspecified atom stereocenters. The molecule has 0 saturated carbocycles. The van der Waals surface area contributed by atoms with Crippen LogP contribution in [0.1, 0.15) is 30.5 Å². The van der Waals surface area contributed by atoms with Crippen LogP contribution in [0.3, 0.4) is 0 Å². The average molecular weight is 336 g/mol. The first-order valence-corrected chi connectivity index (χ1v) is 8.38. The molecule has 1 saturated heterocycles. The van der Waals surface area contributed by atoms with Gasteiger partial charge in [-0.25, -0.2) is 4.98 Å². The zero-order chi connectivity index (χ0) is 17.2. The van der Waals surface area contributed by atoms with Crippen molar-refractivity contribution < 1.29 is 9.15 Å². The molecule has 1 aliphatic heterocycles. The molecule has 0 radical (unpaired) electrons. The van der Waals surface area contributed by atoms with Crippen LogP contribution in [-0.4, -0.2) is 46.3 Å². The Labute approximate surface area is 146 Å². The van der Waals surface area contributed by atoms with Crippen molar-refractivity contribution in [2.45, 2.75) is 19.1 Å². The number of likely N-dealkylation sites (N-methyl/N-ethyl adjacent to an activating group) is 1. The maximum absolute atomic E-state index is 5.89. The number of morpholine rings is 1. The Morgan fingerprint density at radius 3 is 2.84 bits per heavy atom. The first-order chi connectivity index (χ1) is 12.2. The molecule has 3 aromatic rings. The van der Waals surface area contributed by atoms with Crippen molar-refractivity contribution in [3.63, 3.8) is 0 Å². The number of fused-ring (bicyclic) bond motifs is 1. The molecule has 128 valence electrons. The summed E-state index contributed by atoms with van der Waals surface area (Å²) in [5.41, 5.74) is 1.81. The molecule has 0 spiro atoms. The second-order valence-electron chi connectivity index (χ2n) is 6.40. The molecular weight excluding hydrogens is 316 g/mol. The third-order valence-electron chi connectivity index (χ3n) is 4.19. The first-order valence-electron chi connectivity index (χ1n) is 8.38. The minimum Gasteiger partial charge on any atom is -0.418 e. The van der Waals surface area contributed by atoms with Gasteiger partial charge in [-0.2, -0.15) is 0 Å². The molecule has 3 heterocycles. The van der Waals surface area contributed by atoms with Crippen molar-refractivity contribution in [3.8, 4) is 0 Å². The molecule has 0 N–H and O–H groups in total. The molecule has 0 bridgehead atoms. The summed E-state index contributed by atoms with van der Waals surface area (Å²) < 4.78 is 11.6. The Kier molecular flexibility index (Phi) is 4.29. The summed E-state index contributed by atoms with van der Waals surface area (Å²) in [6, 6.07) is 12.0. The standard InChI is InChI=1S/C19H20N4O2/c1-13-11-23(2)12-17(24-13)19-22-21-18(25-19)10-9-15-8-7-14-5-3-4-6-16(14)20-15/h3-10,13,17H,11-12H2,1-2H3/b10-9+/t13-,17-/m1/s1. The van der Waals surface area contributed by atoms with Crippen LogP contribution in [0.25, 0.3) is 23.1 Å². The van der Waals surface area contributed by atoms with Gasteiger partial charge in [-0.15, -0.1) is 10.2 Å². The second kappa shape index (κ2) is 6.74. The summed E-state index contributed by atoms with van der Waals surface area (Å²) in [5, 5.41) is 9.34. The predicted molar refractivity (Wildman–Crippen MR) is 95.8 cm³/mol. The van der Waals surface area contributed by atoms with E-state index in [0.29, 0.717) is 11.8 Å². The van der Waals surface area contributed by atoms with Crippen molar-refractivity contribution in [3.05, 3.63) is 53.9 Å². The van der Waals surface area contributed by atoms with Crippen LogP contribution in [0.15, 0.2) is 40.8 Å². The fourth-order valence-corrected chi connectivity index (χ4v) is 3.07. The smallest absolute Gasteiger partial charge is 0.246 e. The van der Waals surface area contributed by atoms with Crippen molar-refractivity contribution in [2.24, 2.45) is 0 Å². The van der Waals surface area contributed by atoms with E-state index < -0.39 is 0 Å². The second-order valence-corrected chi connectivity index (χ2v) is 6.40. The fraction of sp³-hybridized carbons (Fsp3) is 0.316. The van der Waals surface area contributed by atoms with Gasteiger partial charge in [0, 0.05) is 24.6 Å². The van der Waals surface area contributed by atoms with Gasteiger partial charge < -0.3 is 14.1 Å². The first kappa shape index (κ1) is 15.9. The minimum absolute atomic E-state index is 0.149. The summed E-state index contributed by atoms with van der Waals surface area (Å²) in [5.74, 6) is 0.971. The molecule has 1 fully saturated rings. The highest BCUT2D eigenvalue weighted by molar-refractivity contribution is 5.80. The van der Waals surface area contributed by atoms with E-state index in [-0.39, 0.29) is 12.2 Å². The molecule has 1 aromatic carbocycles. The SMILES string of the molecule is C[C@@H]1CN(C)C[C@H](c2nnc(/C=C/c3ccc4ccccc4n3)o2)O1. The van der Waals surface area contributed by atoms with Gasteiger partial charge >= 0.3 is 0 Å². The molecule has 0 amide bonds. The van der Waals surface area contributed by atoms with Crippen molar-refractivity contribution in [2.75, 3.05) is 20.1 Å². The van der Waals surface area contributed by atoms with Crippen LogP contribution in [0.2, 0.25) is 0 Å². The van der Waals surface area contributed by atoms with E-state index in [4.69, 9.17) is 9.15 Å². The van der Waals surface area contributed by atoms with E-state index >= 15 is 0 Å². The summed E-state index contributed by atoms with van der Waals surface area (Å²) in [4.78, 5) is 6.80. The van der Waals surface area contributed by atoms with Gasteiger partial charge in [0.2, 0.25) is 11.8 Å². The number of hydrogen-bond acceptors (Lipinski definition) is 6. The van der Waals surface area contributed by atoms with Crippen molar-refractivity contribution in [1.82, 2.24) is 20.1 Å². The fourth-order valence-electron chi connectivity index (χ4n) is 3.07. The number of rotatable bonds is 3. The van der Waals surface area contributed by atoms with E-state index in [9.17, 15) is 0 Å². The van der Waals surface area contributed by atoms with Gasteiger partial charge in [0.25, 0.3) is 0 Å². The Hall–Kier alpha value is -2.57. The molecule has 6 heteroatoms. The maximum atomic E-state index is 5.89. The highest BCUT2D eigenvalue weighted by Gasteiger charge is 2.28. The number of hydrogen-bond donors (Lipinski definition) is 0. The quantitative estimate of drug-likeness (QED) is 0.732. The van der Waals surface area contributed by atoms with E-state index in [1.54, 1.807) is 6.08 Å². The normalized spacial score (nSPS) is 22.0. The minimum atomic E-state index is -0.179. The largest absolute Gasteiger partial charge is 0.418 e. The molecule has 6 nitrogen and oxygen atoms in total. The molecule has 1 aliphatic rings. The summed E-state index contributed by atoms with van der Waals surface area (Å²) >= 11 is 0. The number of aromatic nitrogens is 3. The van der Waals surface area contributed by atoms with Crippen LogP contribution in [0.5, 0.6) is 0 Å². The molecule has 4 rings (SSSR count). The Morgan fingerprint density at radius 1 is 1.08 bits per heavy atom. The van der Waals surface area contributed by atoms with Crippen LogP contribution >= 0.6 is 0 Å². The number of benzene rings is 1. The lowest BCUT2D eigenvalue weighted by Gasteiger charge is -2.32. The monoisotopic (exact) mass is 336 g/mol.